The van der Waals surface area contributed by atoms with Gasteiger partial charge in [0.1, 0.15) is 0 Å². The number of hydrogen-bond donors (Lipinski definition) is 1. The highest BCUT2D eigenvalue weighted by Gasteiger charge is 2.32. The Balaban J connectivity index is 1.80. The lowest BCUT2D eigenvalue weighted by molar-refractivity contribution is 0.0287. The molecule has 0 radical (unpaired) electrons. The zero-order valence-electron chi connectivity index (χ0n) is 13.0. The molecular weight excluding hydrogens is 236 g/mol. The Bertz CT molecular complexity index is 269. The summed E-state index contributed by atoms with van der Waals surface area (Å²) in [5.74, 6) is 1.39. The molecule has 0 amide bonds. The van der Waals surface area contributed by atoms with E-state index in [-0.39, 0.29) is 6.10 Å². The molecule has 0 bridgehead atoms. The lowest BCUT2D eigenvalue weighted by Gasteiger charge is -2.35. The van der Waals surface area contributed by atoms with Gasteiger partial charge >= 0.3 is 0 Å². The molecule has 0 spiro atoms. The Morgan fingerprint density at radius 2 is 2.00 bits per heavy atom. The molecule has 0 aromatic heterocycles. The third-order valence-corrected chi connectivity index (χ3v) is 5.22. The number of aliphatic hydroxyl groups excluding tert-OH is 1. The molecule has 1 aliphatic carbocycles. The first-order valence-corrected chi connectivity index (χ1v) is 8.17. The first-order chi connectivity index (χ1) is 9.10. The maximum Gasteiger partial charge on any atom is 0.0580 e. The summed E-state index contributed by atoms with van der Waals surface area (Å²) < 4.78 is 0. The highest BCUT2D eigenvalue weighted by molar-refractivity contribution is 4.86. The summed E-state index contributed by atoms with van der Waals surface area (Å²) in [5.41, 5.74) is 0. The Morgan fingerprint density at radius 3 is 2.63 bits per heavy atom. The van der Waals surface area contributed by atoms with Crippen LogP contribution in [0.5, 0.6) is 0 Å². The van der Waals surface area contributed by atoms with Gasteiger partial charge < -0.3 is 14.9 Å². The Kier molecular flexibility index (Phi) is 5.67. The Hall–Kier alpha value is -0.120. The van der Waals surface area contributed by atoms with Crippen molar-refractivity contribution in [3.8, 4) is 0 Å². The Morgan fingerprint density at radius 1 is 1.21 bits per heavy atom. The number of hydrogen-bond acceptors (Lipinski definition) is 3. The molecule has 0 aromatic carbocycles. The van der Waals surface area contributed by atoms with Crippen molar-refractivity contribution in [2.45, 2.75) is 57.6 Å². The largest absolute Gasteiger partial charge is 0.393 e. The van der Waals surface area contributed by atoms with Crippen LogP contribution in [0.15, 0.2) is 0 Å². The number of rotatable bonds is 5. The molecule has 1 N–H and O–H groups in total. The van der Waals surface area contributed by atoms with E-state index >= 15 is 0 Å². The fourth-order valence-electron chi connectivity index (χ4n) is 3.94. The van der Waals surface area contributed by atoms with Gasteiger partial charge in [0.05, 0.1) is 6.10 Å². The van der Waals surface area contributed by atoms with Gasteiger partial charge in [-0.15, -0.1) is 0 Å². The molecule has 1 saturated carbocycles. The summed E-state index contributed by atoms with van der Waals surface area (Å²) in [5, 5.41) is 10.3. The van der Waals surface area contributed by atoms with Gasteiger partial charge in [-0.1, -0.05) is 19.8 Å². The van der Waals surface area contributed by atoms with Crippen LogP contribution in [0.2, 0.25) is 0 Å². The maximum absolute atomic E-state index is 10.3. The second kappa shape index (κ2) is 7.05. The molecule has 2 aliphatic rings. The molecule has 3 nitrogen and oxygen atoms in total. The third-order valence-electron chi connectivity index (χ3n) is 5.22. The SMILES string of the molecule is CCCC1CCC(O)C(CN2CCC(N(C)C)C2)C1. The minimum absolute atomic E-state index is 0.0495. The third kappa shape index (κ3) is 4.17. The molecule has 3 heteroatoms. The summed E-state index contributed by atoms with van der Waals surface area (Å²) in [7, 11) is 4.36. The fourth-order valence-corrected chi connectivity index (χ4v) is 3.94. The van der Waals surface area contributed by atoms with Crippen LogP contribution >= 0.6 is 0 Å². The molecule has 112 valence electrons. The first kappa shape index (κ1) is 15.3. The zero-order valence-corrected chi connectivity index (χ0v) is 13.0. The van der Waals surface area contributed by atoms with Crippen molar-refractivity contribution in [2.24, 2.45) is 11.8 Å². The van der Waals surface area contributed by atoms with Crippen LogP contribution in [0.4, 0.5) is 0 Å². The normalized spacial score (nSPS) is 37.1. The van der Waals surface area contributed by atoms with Gasteiger partial charge in [-0.2, -0.15) is 0 Å². The van der Waals surface area contributed by atoms with Crippen molar-refractivity contribution < 1.29 is 5.11 Å². The van der Waals surface area contributed by atoms with Crippen molar-refractivity contribution in [1.29, 1.82) is 0 Å². The number of aliphatic hydroxyl groups is 1. The highest BCUT2D eigenvalue weighted by atomic mass is 16.3. The van der Waals surface area contributed by atoms with E-state index in [1.54, 1.807) is 0 Å². The molecule has 4 atom stereocenters. The number of likely N-dealkylation sites (N-methyl/N-ethyl adjacent to an activating group) is 1. The van der Waals surface area contributed by atoms with Gasteiger partial charge in [0.25, 0.3) is 0 Å². The molecular formula is C16H32N2O. The van der Waals surface area contributed by atoms with Crippen LogP contribution in [0, 0.1) is 11.8 Å². The van der Waals surface area contributed by atoms with Crippen molar-refractivity contribution in [1.82, 2.24) is 9.80 Å². The van der Waals surface area contributed by atoms with E-state index in [0.29, 0.717) is 12.0 Å². The zero-order chi connectivity index (χ0) is 13.8. The molecule has 2 fully saturated rings. The number of nitrogens with zero attached hydrogens (tertiary/aromatic N) is 2. The van der Waals surface area contributed by atoms with Crippen molar-refractivity contribution in [2.75, 3.05) is 33.7 Å². The van der Waals surface area contributed by atoms with Crippen LogP contribution in [0.25, 0.3) is 0 Å². The van der Waals surface area contributed by atoms with Gasteiger partial charge in [0, 0.05) is 19.1 Å². The smallest absolute Gasteiger partial charge is 0.0580 e. The molecule has 1 heterocycles. The lowest BCUT2D eigenvalue weighted by atomic mass is 9.77. The quantitative estimate of drug-likeness (QED) is 0.828. The summed E-state index contributed by atoms with van der Waals surface area (Å²) in [6, 6.07) is 0.715. The summed E-state index contributed by atoms with van der Waals surface area (Å²) in [6.45, 7) is 5.80. The van der Waals surface area contributed by atoms with E-state index in [2.05, 4.69) is 30.8 Å². The van der Waals surface area contributed by atoms with Crippen LogP contribution < -0.4 is 0 Å². The first-order valence-electron chi connectivity index (χ1n) is 8.17. The second-order valence-corrected chi connectivity index (χ2v) is 6.96. The summed E-state index contributed by atoms with van der Waals surface area (Å²) >= 11 is 0. The Labute approximate surface area is 119 Å². The van der Waals surface area contributed by atoms with Gasteiger partial charge in [-0.05, 0) is 58.2 Å². The molecule has 2 rings (SSSR count). The van der Waals surface area contributed by atoms with Crippen LogP contribution in [0.3, 0.4) is 0 Å². The van der Waals surface area contributed by atoms with E-state index in [9.17, 15) is 5.11 Å². The van der Waals surface area contributed by atoms with Crippen molar-refractivity contribution >= 4 is 0 Å². The van der Waals surface area contributed by atoms with E-state index in [1.165, 1.54) is 45.2 Å². The van der Waals surface area contributed by atoms with Crippen molar-refractivity contribution in [3.05, 3.63) is 0 Å². The van der Waals surface area contributed by atoms with E-state index < -0.39 is 0 Å². The van der Waals surface area contributed by atoms with Gasteiger partial charge in [-0.25, -0.2) is 0 Å². The summed E-state index contributed by atoms with van der Waals surface area (Å²) in [4.78, 5) is 4.92. The van der Waals surface area contributed by atoms with Crippen LogP contribution in [-0.4, -0.2) is 60.8 Å². The molecule has 19 heavy (non-hydrogen) atoms. The van der Waals surface area contributed by atoms with Gasteiger partial charge in [-0.3, -0.25) is 0 Å². The van der Waals surface area contributed by atoms with Gasteiger partial charge in [0.2, 0.25) is 0 Å². The average molecular weight is 268 g/mol. The van der Waals surface area contributed by atoms with Crippen molar-refractivity contribution in [3.63, 3.8) is 0 Å². The van der Waals surface area contributed by atoms with E-state index in [0.717, 1.165) is 18.9 Å². The second-order valence-electron chi connectivity index (χ2n) is 6.96. The highest BCUT2D eigenvalue weighted by Crippen LogP contribution is 2.33. The molecule has 1 saturated heterocycles. The maximum atomic E-state index is 10.3. The minimum atomic E-state index is -0.0495. The summed E-state index contributed by atoms with van der Waals surface area (Å²) in [6.07, 6.45) is 7.40. The molecule has 4 unspecified atom stereocenters. The average Bonchev–Trinajstić information content (AvgIpc) is 2.82. The van der Waals surface area contributed by atoms with Gasteiger partial charge in [0.15, 0.2) is 0 Å². The lowest BCUT2D eigenvalue weighted by Crippen LogP contribution is -2.39. The predicted octanol–water partition coefficient (Wildman–Crippen LogP) is 2.20. The van der Waals surface area contributed by atoms with E-state index in [1.807, 2.05) is 0 Å². The predicted molar refractivity (Wildman–Crippen MR) is 80.3 cm³/mol. The molecule has 0 aromatic rings. The van der Waals surface area contributed by atoms with E-state index in [4.69, 9.17) is 0 Å². The topological polar surface area (TPSA) is 26.7 Å². The van der Waals surface area contributed by atoms with Crippen LogP contribution in [-0.2, 0) is 0 Å². The number of likely N-dealkylation sites (tertiary alicyclic amines) is 1. The fraction of sp³-hybridized carbons (Fsp3) is 1.00. The van der Waals surface area contributed by atoms with Crippen LogP contribution in [0.1, 0.15) is 45.4 Å². The monoisotopic (exact) mass is 268 g/mol. The molecule has 1 aliphatic heterocycles. The minimum Gasteiger partial charge on any atom is -0.393 e. The standard InChI is InChI=1S/C16H32N2O/c1-4-5-13-6-7-16(19)14(10-13)11-18-9-8-15(12-18)17(2)3/h13-16,19H,4-12H2,1-3H3.